The van der Waals surface area contributed by atoms with Crippen molar-refractivity contribution >= 4 is 66.4 Å². The fraction of sp³-hybridized carbons (Fsp3) is 0.250. The number of rotatable bonds is 6. The molecule has 0 bridgehead atoms. The van der Waals surface area contributed by atoms with Crippen molar-refractivity contribution in [2.45, 2.75) is 105 Å². The summed E-state index contributed by atoms with van der Waals surface area (Å²) >= 11 is 0. The van der Waals surface area contributed by atoms with Crippen molar-refractivity contribution in [1.82, 2.24) is 14.1 Å². The first kappa shape index (κ1) is 48.0. The van der Waals surface area contributed by atoms with Gasteiger partial charge in [0.15, 0.2) is 0 Å². The standard InChI is InChI=1S/C64H62N5O.Pt/c1-61(2,3)41-24-28-57-59(35-41)66(40-67(57)47-33-43(63(7,8)9)32-44(34-47)64(10,11)12)45-18-17-19-48(37-45)70-49-26-27-52-53-38-46(68-54-22-15-13-20-50(54)51-21-14-16-23-55(51)68)25-29-56(53)69(58(52)39-49)60-36-42(30-31-65-60)62(4,5)6;/h13-36,38,40H,1-12H3;/q-3;. The van der Waals surface area contributed by atoms with Crippen LogP contribution in [-0.4, -0.2) is 14.1 Å². The molecule has 0 fully saturated rings. The number of para-hydroxylation sites is 2. The molecular formula is C64H62N5OPt-3. The Morgan fingerprint density at radius 1 is 0.437 bits per heavy atom. The molecule has 6 nitrogen and oxygen atoms in total. The summed E-state index contributed by atoms with van der Waals surface area (Å²) in [4.78, 5) is 9.59. The van der Waals surface area contributed by atoms with Gasteiger partial charge >= 0.3 is 0 Å². The quantitative estimate of drug-likeness (QED) is 0.156. The molecule has 7 heteroatoms. The van der Waals surface area contributed by atoms with E-state index in [1.54, 1.807) is 0 Å². The molecule has 0 atom stereocenters. The zero-order valence-corrected chi connectivity index (χ0v) is 45.2. The molecule has 7 aromatic carbocycles. The molecule has 0 amide bonds. The van der Waals surface area contributed by atoms with E-state index in [1.165, 1.54) is 44.1 Å². The largest absolute Gasteiger partial charge is 0.509 e. The predicted molar refractivity (Wildman–Crippen MR) is 293 cm³/mol. The Bertz CT molecular complexity index is 3590. The third kappa shape index (κ3) is 8.63. The van der Waals surface area contributed by atoms with Gasteiger partial charge in [0.1, 0.15) is 5.82 Å². The summed E-state index contributed by atoms with van der Waals surface area (Å²) in [6, 6.07) is 60.1. The molecule has 0 radical (unpaired) electrons. The third-order valence-electron chi connectivity index (χ3n) is 14.1. The first-order chi connectivity index (χ1) is 33.2. The maximum absolute atomic E-state index is 6.81. The van der Waals surface area contributed by atoms with Crippen molar-refractivity contribution in [3.8, 4) is 23.0 Å². The zero-order valence-electron chi connectivity index (χ0n) is 43.0. The summed E-state index contributed by atoms with van der Waals surface area (Å²) in [6.07, 6.45) is 1.92. The minimum absolute atomic E-state index is 0. The number of anilines is 4. The van der Waals surface area contributed by atoms with Crippen molar-refractivity contribution in [1.29, 1.82) is 0 Å². The van der Waals surface area contributed by atoms with E-state index in [0.717, 1.165) is 56.1 Å². The van der Waals surface area contributed by atoms with Crippen LogP contribution in [0.3, 0.4) is 0 Å². The fourth-order valence-electron chi connectivity index (χ4n) is 9.95. The topological polar surface area (TPSA) is 38.5 Å². The number of hydrogen-bond acceptors (Lipinski definition) is 4. The van der Waals surface area contributed by atoms with Gasteiger partial charge in [-0.15, -0.1) is 48.1 Å². The van der Waals surface area contributed by atoms with Crippen LogP contribution in [0.4, 0.5) is 22.7 Å². The van der Waals surface area contributed by atoms with Gasteiger partial charge in [0.2, 0.25) is 0 Å². The monoisotopic (exact) mass is 1110 g/mol. The fourth-order valence-corrected chi connectivity index (χ4v) is 9.95. The van der Waals surface area contributed by atoms with E-state index in [-0.39, 0.29) is 42.7 Å². The van der Waals surface area contributed by atoms with E-state index in [0.29, 0.717) is 11.5 Å². The molecule has 0 saturated carbocycles. The van der Waals surface area contributed by atoms with E-state index in [1.807, 2.05) is 18.3 Å². The number of benzene rings is 7. The summed E-state index contributed by atoms with van der Waals surface area (Å²) in [6.45, 7) is 29.5. The van der Waals surface area contributed by atoms with Crippen LogP contribution in [0.2, 0.25) is 0 Å². The van der Waals surface area contributed by atoms with Gasteiger partial charge in [-0.3, -0.25) is 0 Å². The van der Waals surface area contributed by atoms with Gasteiger partial charge in [-0.2, -0.15) is 12.1 Å². The molecule has 0 saturated heterocycles. The van der Waals surface area contributed by atoms with Gasteiger partial charge in [0.05, 0.1) is 11.0 Å². The van der Waals surface area contributed by atoms with Gasteiger partial charge in [-0.1, -0.05) is 137 Å². The van der Waals surface area contributed by atoms with Crippen LogP contribution in [0.15, 0.2) is 152 Å². The van der Waals surface area contributed by atoms with Crippen LogP contribution in [0.25, 0.3) is 55.1 Å². The Morgan fingerprint density at radius 2 is 1.04 bits per heavy atom. The number of pyridine rings is 1. The third-order valence-corrected chi connectivity index (χ3v) is 14.1. The second-order valence-electron chi connectivity index (χ2n) is 23.2. The molecule has 11 rings (SSSR count). The van der Waals surface area contributed by atoms with Crippen LogP contribution in [-0.2, 0) is 42.7 Å². The van der Waals surface area contributed by atoms with E-state index < -0.39 is 0 Å². The Morgan fingerprint density at radius 3 is 1.69 bits per heavy atom. The first-order valence-electron chi connectivity index (χ1n) is 24.6. The van der Waals surface area contributed by atoms with Crippen molar-refractivity contribution in [3.05, 3.63) is 193 Å². The number of ether oxygens (including phenoxy) is 1. The van der Waals surface area contributed by atoms with Crippen LogP contribution in [0.5, 0.6) is 11.5 Å². The van der Waals surface area contributed by atoms with E-state index in [2.05, 4.69) is 254 Å². The Labute approximate surface area is 434 Å². The Hall–Kier alpha value is -6.62. The molecule has 1 aliphatic rings. The zero-order chi connectivity index (χ0) is 49.1. The molecule has 0 spiro atoms. The van der Waals surface area contributed by atoms with E-state index >= 15 is 0 Å². The molecule has 71 heavy (non-hydrogen) atoms. The average molecular weight is 1110 g/mol. The molecule has 362 valence electrons. The predicted octanol–water partition coefficient (Wildman–Crippen LogP) is 17.3. The SMILES string of the molecule is CC(C)(C)c1cc(N2[CH-]N(c3[c-]c(Oc4[c-]c5c(cc4)c4cc(-n6c7ccccc7c7ccccc76)ccc4n5-c4cc(C(C)(C)C)ccn4)ccc3)c3cc(C(C)(C)C)ccc32)cc(C(C)(C)C)c1.[Pt]. The molecule has 0 unspecified atom stereocenters. The van der Waals surface area contributed by atoms with Crippen molar-refractivity contribution in [3.63, 3.8) is 0 Å². The number of nitrogens with zero attached hydrogens (tertiary/aromatic N) is 5. The maximum Gasteiger partial charge on any atom is 0.135 e. The average Bonchev–Trinajstić information content (AvgIpc) is 3.98. The molecule has 1 aliphatic heterocycles. The van der Waals surface area contributed by atoms with Crippen LogP contribution >= 0.6 is 0 Å². The van der Waals surface area contributed by atoms with Crippen molar-refractivity contribution in [2.24, 2.45) is 0 Å². The summed E-state index contributed by atoms with van der Waals surface area (Å²) < 4.78 is 11.4. The van der Waals surface area contributed by atoms with Gasteiger partial charge in [-0.25, -0.2) is 4.98 Å². The number of fused-ring (bicyclic) bond motifs is 7. The minimum Gasteiger partial charge on any atom is -0.509 e. The normalized spacial score (nSPS) is 13.4. The second kappa shape index (κ2) is 17.3. The number of aromatic nitrogens is 3. The minimum atomic E-state index is -0.0660. The van der Waals surface area contributed by atoms with E-state index in [4.69, 9.17) is 9.72 Å². The second-order valence-corrected chi connectivity index (χ2v) is 23.2. The Kier molecular flexibility index (Phi) is 11.7. The van der Waals surface area contributed by atoms with E-state index in [9.17, 15) is 0 Å². The molecule has 0 N–H and O–H groups in total. The molecular weight excluding hydrogens is 1050 g/mol. The van der Waals surface area contributed by atoms with Crippen LogP contribution in [0, 0.1) is 18.8 Å². The summed E-state index contributed by atoms with van der Waals surface area (Å²) in [7, 11) is 0. The van der Waals surface area contributed by atoms with Crippen LogP contribution < -0.4 is 14.5 Å². The summed E-state index contributed by atoms with van der Waals surface area (Å²) in [5, 5.41) is 4.64. The molecule has 3 aromatic heterocycles. The molecule has 4 heterocycles. The first-order valence-corrected chi connectivity index (χ1v) is 24.6. The molecule has 10 aromatic rings. The van der Waals surface area contributed by atoms with Crippen molar-refractivity contribution in [2.75, 3.05) is 9.80 Å². The van der Waals surface area contributed by atoms with Gasteiger partial charge in [0, 0.05) is 77.8 Å². The number of hydrogen-bond donors (Lipinski definition) is 0. The van der Waals surface area contributed by atoms with Crippen LogP contribution in [0.1, 0.15) is 105 Å². The smallest absolute Gasteiger partial charge is 0.135 e. The van der Waals surface area contributed by atoms with Crippen molar-refractivity contribution < 1.29 is 25.8 Å². The summed E-state index contributed by atoms with van der Waals surface area (Å²) in [5.41, 5.74) is 14.6. The molecule has 0 aliphatic carbocycles. The van der Waals surface area contributed by atoms with Gasteiger partial charge < -0.3 is 23.7 Å². The summed E-state index contributed by atoms with van der Waals surface area (Å²) in [5.74, 6) is 2.03. The Balaban J connectivity index is 0.00000582. The van der Waals surface area contributed by atoms with Gasteiger partial charge in [0.25, 0.3) is 0 Å². The maximum atomic E-state index is 6.81. The van der Waals surface area contributed by atoms with Gasteiger partial charge in [-0.05, 0) is 116 Å².